The molecule has 0 radical (unpaired) electrons. The van der Waals surface area contributed by atoms with E-state index in [1.54, 1.807) is 42.6 Å². The summed E-state index contributed by atoms with van der Waals surface area (Å²) < 4.78 is 74.9. The fourth-order valence-electron chi connectivity index (χ4n) is 4.14. The quantitative estimate of drug-likeness (QED) is 0.342. The average molecular weight is 555 g/mol. The SMILES string of the molecule is CC(C)(C)OC(=O)N1CCC[C@@H](Cn2cc(-c3cc(OS(=O)(=O)C(F)(F)F)c4c(C#N)cnn4c3)cn2)C1. The van der Waals surface area contributed by atoms with Gasteiger partial charge in [0.25, 0.3) is 0 Å². The molecule has 0 aromatic carbocycles. The van der Waals surface area contributed by atoms with Crippen molar-refractivity contribution in [1.29, 1.82) is 5.26 Å². The van der Waals surface area contributed by atoms with Gasteiger partial charge in [-0.2, -0.15) is 37.0 Å². The van der Waals surface area contributed by atoms with Gasteiger partial charge in [-0.25, -0.2) is 9.31 Å². The highest BCUT2D eigenvalue weighted by molar-refractivity contribution is 7.88. The van der Waals surface area contributed by atoms with E-state index in [0.29, 0.717) is 25.2 Å². The maximum atomic E-state index is 13.0. The number of rotatable bonds is 5. The summed E-state index contributed by atoms with van der Waals surface area (Å²) in [6.45, 7) is 6.94. The molecule has 3 aromatic heterocycles. The lowest BCUT2D eigenvalue weighted by Crippen LogP contribution is -2.43. The zero-order chi connectivity index (χ0) is 27.9. The van der Waals surface area contributed by atoms with Gasteiger partial charge in [0, 0.05) is 43.2 Å². The summed E-state index contributed by atoms with van der Waals surface area (Å²) in [5, 5.41) is 17.5. The number of carbonyl (C=O) groups excluding carboxylic acids is 1. The van der Waals surface area contributed by atoms with Crippen LogP contribution >= 0.6 is 0 Å². The Hall–Kier alpha value is -3.80. The first-order valence-corrected chi connectivity index (χ1v) is 13.0. The number of likely N-dealkylation sites (tertiary alicyclic amines) is 1. The third kappa shape index (κ3) is 5.85. The van der Waals surface area contributed by atoms with Crippen molar-refractivity contribution in [2.45, 2.75) is 51.3 Å². The molecule has 11 nitrogen and oxygen atoms in total. The number of piperidine rings is 1. The Morgan fingerprint density at radius 1 is 1.18 bits per heavy atom. The molecule has 1 amide bonds. The molecule has 4 heterocycles. The largest absolute Gasteiger partial charge is 0.534 e. The summed E-state index contributed by atoms with van der Waals surface area (Å²) in [6.07, 6.45) is 6.90. The molecule has 1 fully saturated rings. The number of hydrogen-bond donors (Lipinski definition) is 0. The number of carbonyl (C=O) groups is 1. The van der Waals surface area contributed by atoms with E-state index in [2.05, 4.69) is 14.4 Å². The van der Waals surface area contributed by atoms with Crippen LogP contribution < -0.4 is 4.18 Å². The van der Waals surface area contributed by atoms with Crippen LogP contribution in [0.25, 0.3) is 16.6 Å². The molecule has 4 rings (SSSR count). The van der Waals surface area contributed by atoms with E-state index in [9.17, 15) is 31.6 Å². The minimum Gasteiger partial charge on any atom is -0.444 e. The van der Waals surface area contributed by atoms with Gasteiger partial charge in [-0.3, -0.25) is 4.68 Å². The minimum atomic E-state index is -6.00. The summed E-state index contributed by atoms with van der Waals surface area (Å²) in [5.41, 5.74) is -5.93. The maximum absolute atomic E-state index is 13.0. The number of aromatic nitrogens is 4. The Morgan fingerprint density at radius 2 is 1.92 bits per heavy atom. The normalized spacial score (nSPS) is 16.9. The van der Waals surface area contributed by atoms with Gasteiger partial charge in [-0.05, 0) is 45.6 Å². The van der Waals surface area contributed by atoms with Crippen molar-refractivity contribution >= 4 is 21.7 Å². The number of ether oxygens (including phenoxy) is 1. The number of alkyl halides is 3. The highest BCUT2D eigenvalue weighted by Crippen LogP contribution is 2.34. The van der Waals surface area contributed by atoms with Crippen molar-refractivity contribution in [2.75, 3.05) is 13.1 Å². The summed E-state index contributed by atoms with van der Waals surface area (Å²) in [4.78, 5) is 14.1. The molecule has 0 unspecified atom stereocenters. The molecule has 1 atom stereocenters. The van der Waals surface area contributed by atoms with Gasteiger partial charge < -0.3 is 13.8 Å². The first-order chi connectivity index (χ1) is 17.7. The average Bonchev–Trinajstić information content (AvgIpc) is 3.44. The van der Waals surface area contributed by atoms with Crippen molar-refractivity contribution in [3.8, 4) is 22.9 Å². The molecule has 0 spiro atoms. The predicted octanol–water partition coefficient (Wildman–Crippen LogP) is 3.94. The number of halogens is 3. The van der Waals surface area contributed by atoms with Crippen LogP contribution in [-0.2, 0) is 21.4 Å². The van der Waals surface area contributed by atoms with Crippen LogP contribution in [0.2, 0.25) is 0 Å². The number of fused-ring (bicyclic) bond motifs is 1. The Kier molecular flexibility index (Phi) is 7.04. The molecular weight excluding hydrogens is 529 g/mol. The predicted molar refractivity (Wildman–Crippen MR) is 127 cm³/mol. The molecule has 204 valence electrons. The van der Waals surface area contributed by atoms with Crippen molar-refractivity contribution in [3.05, 3.63) is 36.4 Å². The number of hydrogen-bond acceptors (Lipinski definition) is 8. The molecule has 0 saturated carbocycles. The summed E-state index contributed by atoms with van der Waals surface area (Å²) in [5.74, 6) is -0.603. The van der Waals surface area contributed by atoms with Gasteiger partial charge in [0.05, 0.1) is 12.4 Å². The van der Waals surface area contributed by atoms with E-state index < -0.39 is 27.0 Å². The highest BCUT2D eigenvalue weighted by atomic mass is 32.2. The smallest absolute Gasteiger partial charge is 0.444 e. The number of amides is 1. The van der Waals surface area contributed by atoms with Crippen LogP contribution in [0.3, 0.4) is 0 Å². The van der Waals surface area contributed by atoms with E-state index >= 15 is 0 Å². The van der Waals surface area contributed by atoms with Gasteiger partial charge in [0.1, 0.15) is 22.8 Å². The molecule has 38 heavy (non-hydrogen) atoms. The fraction of sp³-hybridized carbons (Fsp3) is 0.478. The summed E-state index contributed by atoms with van der Waals surface area (Å²) >= 11 is 0. The van der Waals surface area contributed by atoms with E-state index in [4.69, 9.17) is 4.74 Å². The standard InChI is InChI=1S/C23H25F3N6O5S/c1-22(2,3)36-21(33)30-6-4-5-15(11-30)12-31-13-18(10-28-31)16-7-19(37-38(34,35)23(24,25)26)20-17(8-27)9-29-32(20)14-16/h7,9-10,13-15H,4-6,11-12H2,1-3H3/t15-/m1/s1. The lowest BCUT2D eigenvalue weighted by Gasteiger charge is -2.34. The van der Waals surface area contributed by atoms with Gasteiger partial charge in [0.15, 0.2) is 5.75 Å². The molecule has 3 aromatic rings. The maximum Gasteiger partial charge on any atom is 0.534 e. The van der Waals surface area contributed by atoms with Crippen LogP contribution in [0.1, 0.15) is 39.2 Å². The van der Waals surface area contributed by atoms with Crippen LogP contribution in [-0.4, -0.2) is 63.0 Å². The molecular formula is C23H25F3N6O5S. The third-order valence-corrected chi connectivity index (χ3v) is 6.73. The number of nitrogens with zero attached hydrogens (tertiary/aromatic N) is 6. The van der Waals surface area contributed by atoms with Gasteiger partial charge in [0.2, 0.25) is 0 Å². The second-order valence-electron chi connectivity index (χ2n) is 9.93. The highest BCUT2D eigenvalue weighted by Gasteiger charge is 2.49. The Balaban J connectivity index is 1.58. The van der Waals surface area contributed by atoms with Crippen LogP contribution in [0.5, 0.6) is 5.75 Å². The summed E-state index contributed by atoms with van der Waals surface area (Å²) in [6, 6.07) is 2.85. The van der Waals surface area contributed by atoms with E-state index in [1.165, 1.54) is 12.4 Å². The molecule has 1 aliphatic rings. The molecule has 1 aliphatic heterocycles. The van der Waals surface area contributed by atoms with Crippen LogP contribution in [0.4, 0.5) is 18.0 Å². The molecule has 0 aliphatic carbocycles. The first kappa shape index (κ1) is 27.2. The zero-order valence-electron chi connectivity index (χ0n) is 20.8. The zero-order valence-corrected chi connectivity index (χ0v) is 21.6. The first-order valence-electron chi connectivity index (χ1n) is 11.6. The molecule has 0 N–H and O–H groups in total. The third-order valence-electron chi connectivity index (χ3n) is 5.76. The van der Waals surface area contributed by atoms with Crippen LogP contribution in [0.15, 0.2) is 30.9 Å². The topological polar surface area (TPSA) is 132 Å². The molecule has 1 saturated heterocycles. The Bertz CT molecular complexity index is 1500. The van der Waals surface area contributed by atoms with Crippen molar-refractivity contribution in [1.82, 2.24) is 24.3 Å². The van der Waals surface area contributed by atoms with Crippen LogP contribution in [0, 0.1) is 17.2 Å². The van der Waals surface area contributed by atoms with E-state index in [0.717, 1.165) is 29.6 Å². The van der Waals surface area contributed by atoms with Gasteiger partial charge in [-0.15, -0.1) is 0 Å². The summed E-state index contributed by atoms with van der Waals surface area (Å²) in [7, 11) is -6.00. The van der Waals surface area contributed by atoms with E-state index in [-0.39, 0.29) is 28.7 Å². The number of nitriles is 1. The molecule has 0 bridgehead atoms. The van der Waals surface area contributed by atoms with Crippen molar-refractivity contribution < 1.29 is 35.3 Å². The van der Waals surface area contributed by atoms with Crippen molar-refractivity contribution in [3.63, 3.8) is 0 Å². The van der Waals surface area contributed by atoms with E-state index in [1.807, 2.05) is 0 Å². The fourth-order valence-corrected chi connectivity index (χ4v) is 4.59. The minimum absolute atomic E-state index is 0.0895. The lowest BCUT2D eigenvalue weighted by atomic mass is 9.98. The second kappa shape index (κ2) is 9.82. The second-order valence-corrected chi connectivity index (χ2v) is 11.5. The monoisotopic (exact) mass is 554 g/mol. The lowest BCUT2D eigenvalue weighted by molar-refractivity contribution is -0.0499. The van der Waals surface area contributed by atoms with Gasteiger partial charge >= 0.3 is 21.7 Å². The van der Waals surface area contributed by atoms with Gasteiger partial charge in [-0.1, -0.05) is 0 Å². The molecule has 15 heteroatoms. The van der Waals surface area contributed by atoms with Crippen molar-refractivity contribution in [2.24, 2.45) is 5.92 Å². The number of pyridine rings is 1. The Labute approximate surface area is 216 Å². The Morgan fingerprint density at radius 3 is 2.58 bits per heavy atom.